The van der Waals surface area contributed by atoms with E-state index in [-0.39, 0.29) is 11.6 Å². The van der Waals surface area contributed by atoms with E-state index in [0.717, 1.165) is 5.56 Å². The Labute approximate surface area is 173 Å². The second-order valence-corrected chi connectivity index (χ2v) is 14.5. The number of aliphatic hydroxyl groups excluding tert-OH is 1. The van der Waals surface area contributed by atoms with Gasteiger partial charge in [-0.2, -0.15) is 5.10 Å². The Kier molecular flexibility index (Phi) is 6.96. The summed E-state index contributed by atoms with van der Waals surface area (Å²) in [5.41, 5.74) is 0.181. The van der Waals surface area contributed by atoms with Gasteiger partial charge in [-0.25, -0.2) is 9.97 Å². The molecule has 9 heteroatoms. The van der Waals surface area contributed by atoms with Crippen molar-refractivity contribution in [1.29, 1.82) is 0 Å². The van der Waals surface area contributed by atoms with Gasteiger partial charge in [0.15, 0.2) is 19.3 Å². The van der Waals surface area contributed by atoms with Crippen LogP contribution in [-0.4, -0.2) is 52.6 Å². The summed E-state index contributed by atoms with van der Waals surface area (Å²) in [6.45, 7) is 13.4. The first-order chi connectivity index (χ1) is 12.9. The van der Waals surface area contributed by atoms with Crippen molar-refractivity contribution in [3.05, 3.63) is 24.0 Å². The number of hydrogen-bond acceptors (Lipinski definition) is 7. The number of aromatic nitrogens is 4. The number of thioether (sulfide) groups is 1. The van der Waals surface area contributed by atoms with Crippen LogP contribution < -0.4 is 5.32 Å². The van der Waals surface area contributed by atoms with Gasteiger partial charge in [0.1, 0.15) is 5.82 Å². The minimum atomic E-state index is -1.96. The molecule has 0 radical (unpaired) electrons. The minimum absolute atomic E-state index is 0.0690. The molecule has 1 atom stereocenters. The molecule has 0 spiro atoms. The Balaban J connectivity index is 2.38. The maximum absolute atomic E-state index is 10.3. The summed E-state index contributed by atoms with van der Waals surface area (Å²) in [5, 5.41) is 18.7. The number of rotatable bonds is 8. The third-order valence-electron chi connectivity index (χ3n) is 5.47. The quantitative estimate of drug-likeness (QED) is 0.378. The highest BCUT2D eigenvalue weighted by molar-refractivity contribution is 7.98. The monoisotopic (exact) mass is 423 g/mol. The normalized spacial score (nSPS) is 14.8. The predicted octanol–water partition coefficient (Wildman–Crippen LogP) is 3.95. The van der Waals surface area contributed by atoms with Crippen molar-refractivity contribution in [2.45, 2.75) is 56.4 Å². The van der Waals surface area contributed by atoms with Crippen LogP contribution in [0.25, 0.3) is 0 Å². The fourth-order valence-corrected chi connectivity index (χ4v) is 3.82. The smallest absolute Gasteiger partial charge is 0.192 e. The fourth-order valence-electron chi connectivity index (χ4n) is 2.37. The zero-order valence-corrected chi connectivity index (χ0v) is 20.0. The molecule has 2 aromatic rings. The van der Waals surface area contributed by atoms with E-state index in [9.17, 15) is 5.11 Å². The average Bonchev–Trinajstić information content (AvgIpc) is 3.03. The van der Waals surface area contributed by atoms with Crippen molar-refractivity contribution in [3.8, 4) is 0 Å². The third kappa shape index (κ3) is 5.14. The lowest BCUT2D eigenvalue weighted by Gasteiger charge is -2.39. The Morgan fingerprint density at radius 2 is 1.96 bits per heavy atom. The van der Waals surface area contributed by atoms with Crippen LogP contribution in [0.5, 0.6) is 0 Å². The lowest BCUT2D eigenvalue weighted by molar-refractivity contribution is 0.133. The van der Waals surface area contributed by atoms with Gasteiger partial charge in [0.2, 0.25) is 0 Å². The number of aryl methyl sites for hydroxylation is 1. The molecule has 0 aliphatic carbocycles. The zero-order valence-electron chi connectivity index (χ0n) is 18.2. The van der Waals surface area contributed by atoms with Crippen molar-refractivity contribution in [2.75, 3.05) is 24.8 Å². The van der Waals surface area contributed by atoms with Gasteiger partial charge in [-0.1, -0.05) is 39.5 Å². The molecule has 0 aliphatic rings. The molecule has 0 saturated heterocycles. The summed E-state index contributed by atoms with van der Waals surface area (Å²) in [4.78, 5) is 9.08. The van der Waals surface area contributed by atoms with Crippen LogP contribution in [0.15, 0.2) is 23.6 Å². The van der Waals surface area contributed by atoms with Gasteiger partial charge in [-0.15, -0.1) is 0 Å². The van der Waals surface area contributed by atoms with Gasteiger partial charge in [0.25, 0.3) is 0 Å². The predicted molar refractivity (Wildman–Crippen MR) is 118 cm³/mol. The third-order valence-corrected chi connectivity index (χ3v) is 10.5. The van der Waals surface area contributed by atoms with E-state index in [1.807, 2.05) is 32.5 Å². The lowest BCUT2D eigenvalue weighted by Crippen LogP contribution is -2.45. The molecule has 156 valence electrons. The average molecular weight is 424 g/mol. The van der Waals surface area contributed by atoms with Crippen LogP contribution in [0.4, 0.5) is 11.6 Å². The van der Waals surface area contributed by atoms with Crippen molar-refractivity contribution < 1.29 is 9.53 Å². The van der Waals surface area contributed by atoms with Gasteiger partial charge < -0.3 is 14.8 Å². The maximum Gasteiger partial charge on any atom is 0.192 e. The molecule has 2 N–H and O–H groups in total. The van der Waals surface area contributed by atoms with Crippen LogP contribution in [0.2, 0.25) is 18.1 Å². The number of nitrogens with one attached hydrogen (secondary N) is 1. The topological polar surface area (TPSA) is 85.1 Å². The van der Waals surface area contributed by atoms with Gasteiger partial charge in [-0.3, -0.25) is 4.68 Å². The van der Waals surface area contributed by atoms with Crippen LogP contribution in [0.1, 0.15) is 33.3 Å². The second kappa shape index (κ2) is 8.52. The Morgan fingerprint density at radius 1 is 1.29 bits per heavy atom. The highest BCUT2D eigenvalue weighted by atomic mass is 32.2. The molecule has 0 aliphatic heterocycles. The summed E-state index contributed by atoms with van der Waals surface area (Å²) in [6.07, 6.45) is 5.59. The molecule has 28 heavy (non-hydrogen) atoms. The van der Waals surface area contributed by atoms with Crippen molar-refractivity contribution >= 4 is 31.7 Å². The van der Waals surface area contributed by atoms with E-state index in [4.69, 9.17) is 4.43 Å². The van der Waals surface area contributed by atoms with Crippen molar-refractivity contribution in [3.63, 3.8) is 0 Å². The first-order valence-electron chi connectivity index (χ1n) is 9.35. The Morgan fingerprint density at radius 3 is 2.46 bits per heavy atom. The Hall–Kier alpha value is -1.42. The largest absolute Gasteiger partial charge is 0.416 e. The molecular weight excluding hydrogens is 390 g/mol. The lowest BCUT2D eigenvalue weighted by atomic mass is 9.85. The first-order valence-corrected chi connectivity index (χ1v) is 13.5. The van der Waals surface area contributed by atoms with Crippen LogP contribution in [-0.2, 0) is 16.9 Å². The molecule has 2 aromatic heterocycles. The Bertz CT molecular complexity index is 806. The van der Waals surface area contributed by atoms with Crippen LogP contribution in [0.3, 0.4) is 0 Å². The minimum Gasteiger partial charge on any atom is -0.416 e. The molecular formula is C19H33N5O2SSi. The van der Waals surface area contributed by atoms with Crippen molar-refractivity contribution in [1.82, 2.24) is 19.7 Å². The van der Waals surface area contributed by atoms with Crippen molar-refractivity contribution in [2.24, 2.45) is 7.05 Å². The summed E-state index contributed by atoms with van der Waals surface area (Å²) in [6, 6.07) is 1.88. The van der Waals surface area contributed by atoms with E-state index >= 15 is 0 Å². The van der Waals surface area contributed by atoms with E-state index in [1.165, 1.54) is 11.8 Å². The summed E-state index contributed by atoms with van der Waals surface area (Å²) in [7, 11) is -0.0966. The standard InChI is InChI=1S/C19H33N5O2SSi/c1-18(2,3)28(7,8)26-13-19(4,12-25)14-11-20-17(27-6)22-16(14)21-15-9-10-24(5)23-15/h9-11,25H,12-13H2,1-8H3,(H,20,21,22,23). The van der Waals surface area contributed by atoms with Crippen LogP contribution in [0, 0.1) is 0 Å². The summed E-state index contributed by atoms with van der Waals surface area (Å²) in [5.74, 6) is 1.34. The molecule has 0 fully saturated rings. The molecule has 7 nitrogen and oxygen atoms in total. The zero-order chi connectivity index (χ0) is 21.2. The number of hydrogen-bond donors (Lipinski definition) is 2. The van der Waals surface area contributed by atoms with E-state index in [2.05, 4.69) is 54.2 Å². The number of anilines is 2. The van der Waals surface area contributed by atoms with Gasteiger partial charge in [0.05, 0.1) is 6.61 Å². The van der Waals surface area contributed by atoms with E-state index in [1.54, 1.807) is 10.9 Å². The van der Waals surface area contributed by atoms with Gasteiger partial charge in [0, 0.05) is 43.1 Å². The van der Waals surface area contributed by atoms with E-state index in [0.29, 0.717) is 23.4 Å². The van der Waals surface area contributed by atoms with Gasteiger partial charge in [-0.05, 0) is 24.4 Å². The number of aliphatic hydroxyl groups is 1. The van der Waals surface area contributed by atoms with E-state index < -0.39 is 13.7 Å². The highest BCUT2D eigenvalue weighted by Crippen LogP contribution is 2.39. The molecule has 1 unspecified atom stereocenters. The number of nitrogens with zero attached hydrogens (tertiary/aromatic N) is 4. The molecule has 2 rings (SSSR count). The molecule has 0 saturated carbocycles. The SMILES string of the molecule is CSc1ncc(C(C)(CO)CO[Si](C)(C)C(C)(C)C)c(Nc2ccn(C)n2)n1. The fraction of sp³-hybridized carbons (Fsp3) is 0.632. The molecule has 2 heterocycles. The second-order valence-electron chi connectivity index (χ2n) is 8.89. The first kappa shape index (κ1) is 22.9. The molecule has 0 aromatic carbocycles. The summed E-state index contributed by atoms with van der Waals surface area (Å²) < 4.78 is 8.17. The molecule has 0 amide bonds. The summed E-state index contributed by atoms with van der Waals surface area (Å²) >= 11 is 1.47. The van der Waals surface area contributed by atoms with Gasteiger partial charge >= 0.3 is 0 Å². The highest BCUT2D eigenvalue weighted by Gasteiger charge is 2.40. The van der Waals surface area contributed by atoms with Crippen LogP contribution >= 0.6 is 11.8 Å². The molecule has 0 bridgehead atoms. The maximum atomic E-state index is 10.3.